The second-order valence-electron chi connectivity index (χ2n) is 10.4. The molecule has 0 bridgehead atoms. The summed E-state index contributed by atoms with van der Waals surface area (Å²) in [5.41, 5.74) is 7.47. The molecule has 1 amide bonds. The smallest absolute Gasteiger partial charge is 0.341 e. The second-order valence-corrected chi connectivity index (χ2v) is 10.4. The van der Waals surface area contributed by atoms with E-state index in [-0.39, 0.29) is 24.4 Å². The Hall–Kier alpha value is -2.49. The lowest BCUT2D eigenvalue weighted by Crippen LogP contribution is -2.68. The number of carbonyl (C=O) groups is 2. The molecule has 2 fully saturated rings. The molecule has 4 rings (SSSR count). The van der Waals surface area contributed by atoms with E-state index in [1.54, 1.807) is 12.1 Å². The van der Waals surface area contributed by atoms with E-state index in [1.165, 1.54) is 25.3 Å². The van der Waals surface area contributed by atoms with E-state index >= 15 is 0 Å². The Kier molecular flexibility index (Phi) is 8.64. The van der Waals surface area contributed by atoms with Crippen molar-refractivity contribution in [2.24, 2.45) is 17.6 Å². The van der Waals surface area contributed by atoms with Crippen molar-refractivity contribution in [1.82, 2.24) is 5.32 Å². The van der Waals surface area contributed by atoms with Gasteiger partial charge in [-0.3, -0.25) is 4.79 Å². The first-order chi connectivity index (χ1) is 17.3. The number of morpholine rings is 1. The van der Waals surface area contributed by atoms with E-state index in [0.717, 1.165) is 12.0 Å². The zero-order valence-electron chi connectivity index (χ0n) is 20.8. The minimum Gasteiger partial charge on any atom is -0.479 e. The highest BCUT2D eigenvalue weighted by Crippen LogP contribution is 2.39. The molecule has 1 aromatic carbocycles. The van der Waals surface area contributed by atoms with Crippen LogP contribution in [0.4, 0.5) is 4.39 Å². The Morgan fingerprint density at radius 3 is 2.81 bits per heavy atom. The van der Waals surface area contributed by atoms with Crippen LogP contribution in [0.1, 0.15) is 57.4 Å². The Balaban J connectivity index is 1.37. The molecule has 0 aromatic heterocycles. The first-order valence-corrected chi connectivity index (χ1v) is 12.9. The molecule has 0 radical (unpaired) electrons. The number of rotatable bonds is 11. The number of amides is 1. The highest BCUT2D eigenvalue weighted by Gasteiger charge is 2.44. The van der Waals surface area contributed by atoms with E-state index in [9.17, 15) is 14.0 Å². The first kappa shape index (κ1) is 26.6. The van der Waals surface area contributed by atoms with Gasteiger partial charge in [0.15, 0.2) is 18.2 Å². The Morgan fingerprint density at radius 2 is 2.17 bits per heavy atom. The van der Waals surface area contributed by atoms with Gasteiger partial charge < -0.3 is 30.4 Å². The number of carboxylic acid groups (broad SMARTS) is 1. The molecule has 4 atom stereocenters. The minimum atomic E-state index is -1.16. The summed E-state index contributed by atoms with van der Waals surface area (Å²) in [5.74, 6) is -0.816. The average Bonchev–Trinajstić information content (AvgIpc) is 2.80. The summed E-state index contributed by atoms with van der Waals surface area (Å²) in [4.78, 5) is 23.1. The molecule has 9 heteroatoms. The molecular formula is C27H37FN2O6. The predicted octanol–water partition coefficient (Wildman–Crippen LogP) is 3.28. The quantitative estimate of drug-likeness (QED) is 0.423. The lowest BCUT2D eigenvalue weighted by molar-refractivity contribution is -0.139. The monoisotopic (exact) mass is 504 g/mol. The van der Waals surface area contributed by atoms with Crippen LogP contribution in [0.3, 0.4) is 0 Å². The maximum atomic E-state index is 14.3. The van der Waals surface area contributed by atoms with Crippen molar-refractivity contribution in [2.45, 2.75) is 69.6 Å². The molecule has 36 heavy (non-hydrogen) atoms. The zero-order chi connectivity index (χ0) is 25.7. The summed E-state index contributed by atoms with van der Waals surface area (Å²) in [6.07, 6.45) is 8.37. The Labute approximate surface area is 211 Å². The third kappa shape index (κ3) is 6.25. The van der Waals surface area contributed by atoms with Gasteiger partial charge in [0.25, 0.3) is 0 Å². The van der Waals surface area contributed by atoms with E-state index in [4.69, 9.17) is 25.1 Å². The molecule has 8 nitrogen and oxygen atoms in total. The van der Waals surface area contributed by atoms with Crippen LogP contribution in [0.25, 0.3) is 5.57 Å². The number of aliphatic carboxylic acids is 1. The fraction of sp³-hybridized carbons (Fsp3) is 0.630. The number of para-hydroxylation sites is 1. The van der Waals surface area contributed by atoms with Gasteiger partial charge in [-0.2, -0.15) is 0 Å². The molecule has 3 aliphatic rings. The second kappa shape index (κ2) is 11.7. The molecule has 4 N–H and O–H groups in total. The molecule has 2 aliphatic carbocycles. The van der Waals surface area contributed by atoms with E-state index in [2.05, 4.69) is 12.2 Å². The summed E-state index contributed by atoms with van der Waals surface area (Å²) in [5, 5.41) is 12.0. The van der Waals surface area contributed by atoms with Gasteiger partial charge in [-0.05, 0) is 49.2 Å². The number of halogens is 1. The Morgan fingerprint density at radius 1 is 1.36 bits per heavy atom. The van der Waals surface area contributed by atoms with Gasteiger partial charge in [0.05, 0.1) is 30.9 Å². The van der Waals surface area contributed by atoms with Gasteiger partial charge in [-0.15, -0.1) is 0 Å². The first-order valence-electron chi connectivity index (χ1n) is 12.9. The highest BCUT2D eigenvalue weighted by atomic mass is 19.1. The fourth-order valence-electron chi connectivity index (χ4n) is 5.53. The summed E-state index contributed by atoms with van der Waals surface area (Å²) in [6.45, 7) is 2.36. The number of carboxylic acids is 1. The van der Waals surface area contributed by atoms with Crippen molar-refractivity contribution in [3.05, 3.63) is 35.7 Å². The van der Waals surface area contributed by atoms with E-state index < -0.39 is 30.0 Å². The van der Waals surface area contributed by atoms with Gasteiger partial charge in [0, 0.05) is 5.56 Å². The standard InChI is InChI=1S/C27H37FN2O6/c1-17(18-4-2-5-18)12-27(16-34-14-24(31)30-27)23(29)13-35-20-10-8-19(9-11-20)21-6-3-7-22(28)26(21)36-15-25(32)33/h3,6-8,17-18,20,23H,2,4-5,9-16,29H2,1H3,(H,30,31)(H,32,33). The maximum absolute atomic E-state index is 14.3. The molecule has 1 aromatic rings. The summed E-state index contributed by atoms with van der Waals surface area (Å²) >= 11 is 0. The normalized spacial score (nSPS) is 26.4. The summed E-state index contributed by atoms with van der Waals surface area (Å²) < 4.78 is 31.4. The van der Waals surface area contributed by atoms with Crippen LogP contribution in [0.2, 0.25) is 0 Å². The number of benzene rings is 1. The minimum absolute atomic E-state index is 0.0388. The van der Waals surface area contributed by atoms with Crippen molar-refractivity contribution in [1.29, 1.82) is 0 Å². The van der Waals surface area contributed by atoms with Crippen molar-refractivity contribution in [3.8, 4) is 5.75 Å². The molecule has 1 saturated heterocycles. The molecular weight excluding hydrogens is 467 g/mol. The van der Waals surface area contributed by atoms with E-state index in [0.29, 0.717) is 49.9 Å². The SMILES string of the molecule is CC(CC1(C(N)COC2CC=C(c3cccc(F)c3OCC(=O)O)CC2)COCC(=O)N1)C1CCC1. The molecule has 1 saturated carbocycles. The van der Waals surface area contributed by atoms with Crippen LogP contribution in [0, 0.1) is 17.7 Å². The zero-order valence-corrected chi connectivity index (χ0v) is 20.8. The van der Waals surface area contributed by atoms with Crippen LogP contribution in [-0.4, -0.2) is 61.1 Å². The predicted molar refractivity (Wildman–Crippen MR) is 132 cm³/mol. The maximum Gasteiger partial charge on any atom is 0.341 e. The summed E-state index contributed by atoms with van der Waals surface area (Å²) in [7, 11) is 0. The lowest BCUT2D eigenvalue weighted by Gasteiger charge is -2.46. The number of nitrogens with two attached hydrogens (primary N) is 1. The molecule has 0 spiro atoms. The highest BCUT2D eigenvalue weighted by molar-refractivity contribution is 5.79. The molecule has 1 heterocycles. The number of hydrogen-bond acceptors (Lipinski definition) is 6. The lowest BCUT2D eigenvalue weighted by atomic mass is 9.70. The van der Waals surface area contributed by atoms with Gasteiger partial charge in [-0.1, -0.05) is 44.4 Å². The van der Waals surface area contributed by atoms with Crippen LogP contribution in [0.5, 0.6) is 5.75 Å². The molecule has 1 aliphatic heterocycles. The van der Waals surface area contributed by atoms with Crippen molar-refractivity contribution in [3.63, 3.8) is 0 Å². The van der Waals surface area contributed by atoms with Crippen molar-refractivity contribution < 1.29 is 33.3 Å². The number of hydrogen-bond donors (Lipinski definition) is 3. The topological polar surface area (TPSA) is 120 Å². The number of allylic oxidation sites excluding steroid dienone is 1. The average molecular weight is 505 g/mol. The third-order valence-electron chi connectivity index (χ3n) is 7.86. The Bertz CT molecular complexity index is 981. The van der Waals surface area contributed by atoms with Crippen LogP contribution in [0.15, 0.2) is 24.3 Å². The van der Waals surface area contributed by atoms with Gasteiger partial charge >= 0.3 is 5.97 Å². The number of nitrogens with one attached hydrogen (secondary N) is 1. The fourth-order valence-corrected chi connectivity index (χ4v) is 5.53. The van der Waals surface area contributed by atoms with Crippen LogP contribution < -0.4 is 15.8 Å². The van der Waals surface area contributed by atoms with Gasteiger partial charge in [0.1, 0.15) is 6.61 Å². The number of ether oxygens (including phenoxy) is 3. The van der Waals surface area contributed by atoms with Crippen LogP contribution >= 0.6 is 0 Å². The molecule has 4 unspecified atom stereocenters. The third-order valence-corrected chi connectivity index (χ3v) is 7.86. The largest absolute Gasteiger partial charge is 0.479 e. The molecule has 198 valence electrons. The van der Waals surface area contributed by atoms with Crippen molar-refractivity contribution in [2.75, 3.05) is 26.4 Å². The van der Waals surface area contributed by atoms with Crippen LogP contribution in [-0.2, 0) is 19.1 Å². The van der Waals surface area contributed by atoms with E-state index in [1.807, 2.05) is 6.08 Å². The number of carbonyl (C=O) groups excluding carboxylic acids is 1. The van der Waals surface area contributed by atoms with Crippen molar-refractivity contribution >= 4 is 17.4 Å². The van der Waals surface area contributed by atoms with Gasteiger partial charge in [-0.25, -0.2) is 9.18 Å². The van der Waals surface area contributed by atoms with Gasteiger partial charge in [0.2, 0.25) is 5.91 Å². The summed E-state index contributed by atoms with van der Waals surface area (Å²) in [6, 6.07) is 4.17.